The molecule has 3 rings (SSSR count). The Morgan fingerprint density at radius 3 is 2.50 bits per heavy atom. The molecule has 0 aliphatic heterocycles. The van der Waals surface area contributed by atoms with E-state index >= 15 is 0 Å². The van der Waals surface area contributed by atoms with E-state index in [1.807, 2.05) is 0 Å². The van der Waals surface area contributed by atoms with Crippen molar-refractivity contribution >= 4 is 5.78 Å². The molecule has 0 amide bonds. The lowest BCUT2D eigenvalue weighted by molar-refractivity contribution is 0.0947. The molecular weight excluding hydrogens is 210 g/mol. The lowest BCUT2D eigenvalue weighted by atomic mass is 10.0. The average Bonchev–Trinajstić information content (AvgIpc) is 2.71. The van der Waals surface area contributed by atoms with E-state index in [4.69, 9.17) is 0 Å². The second-order valence-electron chi connectivity index (χ2n) is 4.77. The number of fused-ring (bicyclic) bond motifs is 1. The van der Waals surface area contributed by atoms with Gasteiger partial charge in [0.1, 0.15) is 11.6 Å². The molecule has 0 spiro atoms. The van der Waals surface area contributed by atoms with Crippen molar-refractivity contribution in [3.05, 3.63) is 35.4 Å². The Labute approximate surface area is 92.5 Å². The van der Waals surface area contributed by atoms with Crippen LogP contribution in [0.4, 0.5) is 8.78 Å². The minimum atomic E-state index is -0.727. The normalized spacial score (nSPS) is 31.2. The van der Waals surface area contributed by atoms with Gasteiger partial charge in [0.05, 0.1) is 5.56 Å². The second kappa shape index (κ2) is 3.37. The average molecular weight is 222 g/mol. The zero-order valence-electron chi connectivity index (χ0n) is 8.75. The van der Waals surface area contributed by atoms with Crippen LogP contribution >= 0.6 is 0 Å². The Hall–Kier alpha value is -1.25. The Balaban J connectivity index is 1.85. The Morgan fingerprint density at radius 2 is 1.88 bits per heavy atom. The number of hydrogen-bond acceptors (Lipinski definition) is 1. The van der Waals surface area contributed by atoms with Crippen LogP contribution in [0.3, 0.4) is 0 Å². The first-order chi connectivity index (χ1) is 7.68. The van der Waals surface area contributed by atoms with Crippen molar-refractivity contribution in [1.82, 2.24) is 0 Å². The third-order valence-electron chi connectivity index (χ3n) is 3.91. The van der Waals surface area contributed by atoms with Gasteiger partial charge >= 0.3 is 0 Å². The smallest absolute Gasteiger partial charge is 0.169 e. The van der Waals surface area contributed by atoms with E-state index in [9.17, 15) is 13.6 Å². The van der Waals surface area contributed by atoms with Crippen LogP contribution in [0.25, 0.3) is 0 Å². The summed E-state index contributed by atoms with van der Waals surface area (Å²) in [5, 5.41) is 0. The topological polar surface area (TPSA) is 17.1 Å². The molecule has 1 aromatic rings. The number of ketones is 1. The summed E-state index contributed by atoms with van der Waals surface area (Å²) in [4.78, 5) is 12.0. The number of benzene rings is 1. The van der Waals surface area contributed by atoms with Crippen molar-refractivity contribution in [3.8, 4) is 0 Å². The maximum absolute atomic E-state index is 13.4. The van der Waals surface area contributed by atoms with Gasteiger partial charge in [-0.3, -0.25) is 4.79 Å². The zero-order chi connectivity index (χ0) is 11.3. The maximum atomic E-state index is 13.4. The van der Waals surface area contributed by atoms with Gasteiger partial charge in [-0.05, 0) is 36.8 Å². The molecule has 0 radical (unpaired) electrons. The molecule has 0 bridgehead atoms. The quantitative estimate of drug-likeness (QED) is 0.702. The van der Waals surface area contributed by atoms with E-state index in [2.05, 4.69) is 0 Å². The fourth-order valence-corrected chi connectivity index (χ4v) is 3.08. The fraction of sp³-hybridized carbons (Fsp3) is 0.462. The van der Waals surface area contributed by atoms with Gasteiger partial charge in [-0.2, -0.15) is 0 Å². The monoisotopic (exact) mass is 222 g/mol. The predicted molar refractivity (Wildman–Crippen MR) is 55.0 cm³/mol. The molecule has 3 heteroatoms. The maximum Gasteiger partial charge on any atom is 0.169 e. The fourth-order valence-electron chi connectivity index (χ4n) is 3.08. The summed E-state index contributed by atoms with van der Waals surface area (Å²) in [6.07, 6.45) is 3.36. The minimum Gasteiger partial charge on any atom is -0.294 e. The van der Waals surface area contributed by atoms with Crippen molar-refractivity contribution < 1.29 is 13.6 Å². The molecule has 2 saturated carbocycles. The summed E-state index contributed by atoms with van der Waals surface area (Å²) in [5.41, 5.74) is 0.0563. The summed E-state index contributed by atoms with van der Waals surface area (Å²) in [6, 6.07) is 3.20. The van der Waals surface area contributed by atoms with Gasteiger partial charge in [0.25, 0.3) is 0 Å². The number of hydrogen-bond donors (Lipinski definition) is 0. The molecule has 2 unspecified atom stereocenters. The second-order valence-corrected chi connectivity index (χ2v) is 4.77. The van der Waals surface area contributed by atoms with Crippen molar-refractivity contribution in [2.24, 2.45) is 17.8 Å². The highest BCUT2D eigenvalue weighted by atomic mass is 19.1. The summed E-state index contributed by atoms with van der Waals surface area (Å²) in [5.74, 6) is -0.546. The van der Waals surface area contributed by atoms with Gasteiger partial charge in [0.2, 0.25) is 0 Å². The van der Waals surface area contributed by atoms with Crippen LogP contribution in [0.1, 0.15) is 29.6 Å². The van der Waals surface area contributed by atoms with Crippen molar-refractivity contribution in [2.75, 3.05) is 0 Å². The third-order valence-corrected chi connectivity index (χ3v) is 3.91. The standard InChI is InChI=1S/C13H12F2O/c14-7-4-5-10(11(15)6-7)13(16)12-8-2-1-3-9(8)12/h4-6,8-9,12H,1-3H2. The van der Waals surface area contributed by atoms with Gasteiger partial charge in [0, 0.05) is 12.0 Å². The first-order valence-corrected chi connectivity index (χ1v) is 5.68. The van der Waals surface area contributed by atoms with Gasteiger partial charge < -0.3 is 0 Å². The SMILES string of the molecule is O=C(c1ccc(F)cc1F)C1C2CCCC21. The molecule has 2 atom stereocenters. The van der Waals surface area contributed by atoms with Gasteiger partial charge in [-0.15, -0.1) is 0 Å². The molecule has 2 fully saturated rings. The highest BCUT2D eigenvalue weighted by Crippen LogP contribution is 2.58. The lowest BCUT2D eigenvalue weighted by Gasteiger charge is -2.04. The van der Waals surface area contributed by atoms with Crippen LogP contribution in [0.5, 0.6) is 0 Å². The first-order valence-electron chi connectivity index (χ1n) is 5.68. The minimum absolute atomic E-state index is 0.00807. The molecule has 0 N–H and O–H groups in total. The van der Waals surface area contributed by atoms with E-state index < -0.39 is 11.6 Å². The van der Waals surface area contributed by atoms with Crippen molar-refractivity contribution in [2.45, 2.75) is 19.3 Å². The van der Waals surface area contributed by atoms with Crippen molar-refractivity contribution in [1.29, 1.82) is 0 Å². The largest absolute Gasteiger partial charge is 0.294 e. The molecular formula is C13H12F2O. The van der Waals surface area contributed by atoms with E-state index in [1.54, 1.807) is 0 Å². The number of Topliss-reactive ketones (excluding diaryl/α,β-unsaturated/α-hetero) is 1. The van der Waals surface area contributed by atoms with Crippen LogP contribution in [0.15, 0.2) is 18.2 Å². The Bertz CT molecular complexity index is 445. The molecule has 84 valence electrons. The molecule has 1 nitrogen and oxygen atoms in total. The van der Waals surface area contributed by atoms with Gasteiger partial charge in [-0.25, -0.2) is 8.78 Å². The third kappa shape index (κ3) is 1.38. The molecule has 1 aromatic carbocycles. The number of carbonyl (C=O) groups excluding carboxylic acids is 1. The van der Waals surface area contributed by atoms with Crippen molar-refractivity contribution in [3.63, 3.8) is 0 Å². The van der Waals surface area contributed by atoms with Gasteiger partial charge in [0.15, 0.2) is 5.78 Å². The van der Waals surface area contributed by atoms with E-state index in [0.29, 0.717) is 11.8 Å². The van der Waals surface area contributed by atoms with Crippen LogP contribution in [0.2, 0.25) is 0 Å². The molecule has 16 heavy (non-hydrogen) atoms. The molecule has 0 aromatic heterocycles. The summed E-state index contributed by atoms with van der Waals surface area (Å²) in [6.45, 7) is 0. The van der Waals surface area contributed by atoms with E-state index in [-0.39, 0.29) is 17.3 Å². The highest BCUT2D eigenvalue weighted by Gasteiger charge is 2.56. The van der Waals surface area contributed by atoms with Crippen LogP contribution in [-0.2, 0) is 0 Å². The number of carbonyl (C=O) groups is 1. The van der Waals surface area contributed by atoms with Crippen LogP contribution in [0, 0.1) is 29.4 Å². The molecule has 2 aliphatic rings. The van der Waals surface area contributed by atoms with Crippen LogP contribution < -0.4 is 0 Å². The summed E-state index contributed by atoms with van der Waals surface area (Å²) in [7, 11) is 0. The Kier molecular flexibility index (Phi) is 2.09. The number of rotatable bonds is 2. The molecule has 0 heterocycles. The summed E-state index contributed by atoms with van der Waals surface area (Å²) >= 11 is 0. The summed E-state index contributed by atoms with van der Waals surface area (Å²) < 4.78 is 26.1. The van der Waals surface area contributed by atoms with E-state index in [0.717, 1.165) is 25.0 Å². The van der Waals surface area contributed by atoms with Gasteiger partial charge in [-0.1, -0.05) is 6.42 Å². The lowest BCUT2D eigenvalue weighted by Crippen LogP contribution is -2.08. The van der Waals surface area contributed by atoms with Crippen LogP contribution in [-0.4, -0.2) is 5.78 Å². The number of halogens is 2. The predicted octanol–water partition coefficient (Wildman–Crippen LogP) is 3.19. The highest BCUT2D eigenvalue weighted by molar-refractivity contribution is 6.00. The molecule has 0 saturated heterocycles. The Morgan fingerprint density at radius 1 is 1.19 bits per heavy atom. The zero-order valence-corrected chi connectivity index (χ0v) is 8.75. The van der Waals surface area contributed by atoms with E-state index in [1.165, 1.54) is 12.5 Å². The molecule has 2 aliphatic carbocycles. The first kappa shape index (κ1) is 9.94.